The first-order valence-electron chi connectivity index (χ1n) is 10.1. The molecule has 27 heavy (non-hydrogen) atoms. The number of unbranched alkanes of at least 4 members (excludes halogenated alkanes) is 1. The van der Waals surface area contributed by atoms with Crippen molar-refractivity contribution in [3.63, 3.8) is 0 Å². The van der Waals surface area contributed by atoms with Gasteiger partial charge in [-0.2, -0.15) is 0 Å². The second-order valence-corrected chi connectivity index (χ2v) is 6.77. The van der Waals surface area contributed by atoms with Gasteiger partial charge in [0.15, 0.2) is 5.96 Å². The zero-order valence-electron chi connectivity index (χ0n) is 16.8. The lowest BCUT2D eigenvalue weighted by Gasteiger charge is -2.22. The summed E-state index contributed by atoms with van der Waals surface area (Å²) in [4.78, 5) is 4.27. The van der Waals surface area contributed by atoms with Gasteiger partial charge in [0.2, 0.25) is 0 Å². The van der Waals surface area contributed by atoms with Crippen LogP contribution in [0.3, 0.4) is 0 Å². The van der Waals surface area contributed by atoms with Gasteiger partial charge in [0.25, 0.3) is 0 Å². The summed E-state index contributed by atoms with van der Waals surface area (Å²) in [5.41, 5.74) is 1.35. The van der Waals surface area contributed by atoms with Crippen molar-refractivity contribution in [2.45, 2.75) is 44.6 Å². The number of hydrogen-bond acceptors (Lipinski definition) is 4. The molecule has 0 aromatic heterocycles. The molecule has 0 bridgehead atoms. The zero-order valence-corrected chi connectivity index (χ0v) is 16.8. The summed E-state index contributed by atoms with van der Waals surface area (Å²) in [7, 11) is 3.51. The van der Waals surface area contributed by atoms with Crippen LogP contribution in [0.2, 0.25) is 0 Å². The van der Waals surface area contributed by atoms with Crippen molar-refractivity contribution in [3.05, 3.63) is 29.8 Å². The fourth-order valence-corrected chi connectivity index (χ4v) is 3.05. The minimum absolute atomic E-state index is 0.377. The van der Waals surface area contributed by atoms with Crippen molar-refractivity contribution in [1.82, 2.24) is 10.6 Å². The molecule has 1 fully saturated rings. The summed E-state index contributed by atoms with van der Waals surface area (Å²) in [6.07, 6.45) is 6.74. The number of benzene rings is 1. The van der Waals surface area contributed by atoms with Crippen LogP contribution in [0.25, 0.3) is 0 Å². The highest BCUT2D eigenvalue weighted by Gasteiger charge is 2.13. The fourth-order valence-electron chi connectivity index (χ4n) is 3.05. The lowest BCUT2D eigenvalue weighted by molar-refractivity contribution is -0.0320. The predicted molar refractivity (Wildman–Crippen MR) is 110 cm³/mol. The van der Waals surface area contributed by atoms with Gasteiger partial charge >= 0.3 is 0 Å². The summed E-state index contributed by atoms with van der Waals surface area (Å²) in [5.74, 6) is 1.78. The Balaban J connectivity index is 1.47. The van der Waals surface area contributed by atoms with Crippen molar-refractivity contribution in [3.8, 4) is 5.75 Å². The molecule has 2 rings (SSSR count). The van der Waals surface area contributed by atoms with E-state index in [9.17, 15) is 0 Å². The number of rotatable bonds is 11. The largest absolute Gasteiger partial charge is 0.497 e. The van der Waals surface area contributed by atoms with Crippen LogP contribution < -0.4 is 15.4 Å². The van der Waals surface area contributed by atoms with Crippen LogP contribution in [0, 0.1) is 0 Å². The van der Waals surface area contributed by atoms with Gasteiger partial charge in [0.1, 0.15) is 5.75 Å². The quantitative estimate of drug-likeness (QED) is 0.353. The molecular weight excluding hydrogens is 342 g/mol. The summed E-state index contributed by atoms with van der Waals surface area (Å²) < 4.78 is 16.4. The third-order valence-corrected chi connectivity index (χ3v) is 4.70. The van der Waals surface area contributed by atoms with Gasteiger partial charge in [-0.05, 0) is 56.2 Å². The smallest absolute Gasteiger partial charge is 0.190 e. The Morgan fingerprint density at radius 3 is 2.44 bits per heavy atom. The highest BCUT2D eigenvalue weighted by atomic mass is 16.5. The Bertz CT molecular complexity index is 528. The molecule has 1 heterocycles. The molecule has 152 valence electrons. The molecule has 1 aliphatic heterocycles. The topological polar surface area (TPSA) is 64.1 Å². The monoisotopic (exact) mass is 377 g/mol. The third kappa shape index (κ3) is 9.11. The highest BCUT2D eigenvalue weighted by Crippen LogP contribution is 2.13. The molecule has 0 atom stereocenters. The van der Waals surface area contributed by atoms with E-state index in [0.29, 0.717) is 6.10 Å². The number of methoxy groups -OCH3 is 1. The minimum Gasteiger partial charge on any atom is -0.497 e. The molecule has 0 amide bonds. The lowest BCUT2D eigenvalue weighted by Crippen LogP contribution is -2.38. The minimum atomic E-state index is 0.377. The van der Waals surface area contributed by atoms with E-state index in [4.69, 9.17) is 14.2 Å². The van der Waals surface area contributed by atoms with E-state index in [-0.39, 0.29) is 0 Å². The average molecular weight is 378 g/mol. The van der Waals surface area contributed by atoms with Gasteiger partial charge in [-0.1, -0.05) is 12.1 Å². The number of nitrogens with one attached hydrogen (secondary N) is 2. The van der Waals surface area contributed by atoms with Crippen molar-refractivity contribution >= 4 is 5.96 Å². The van der Waals surface area contributed by atoms with Crippen molar-refractivity contribution in [1.29, 1.82) is 0 Å². The first kappa shape index (κ1) is 21.5. The molecule has 0 radical (unpaired) electrons. The molecule has 1 aromatic carbocycles. The molecule has 1 aromatic rings. The second kappa shape index (κ2) is 13.4. The molecule has 6 nitrogen and oxygen atoms in total. The van der Waals surface area contributed by atoms with Crippen LogP contribution in [0.5, 0.6) is 5.75 Å². The van der Waals surface area contributed by atoms with Crippen LogP contribution in [0.1, 0.15) is 37.7 Å². The number of nitrogens with zero attached hydrogens (tertiary/aromatic N) is 1. The second-order valence-electron chi connectivity index (χ2n) is 6.77. The highest BCUT2D eigenvalue weighted by molar-refractivity contribution is 5.79. The van der Waals surface area contributed by atoms with Crippen LogP contribution in [-0.4, -0.2) is 59.1 Å². The van der Waals surface area contributed by atoms with E-state index in [1.807, 2.05) is 19.2 Å². The van der Waals surface area contributed by atoms with Crippen LogP contribution in [0.15, 0.2) is 29.3 Å². The standard InChI is InChI=1S/C21H35N3O3/c1-22-21(24-14-5-15-27-20-11-16-26-17-12-20)23-13-4-3-6-18-7-9-19(25-2)10-8-18/h7-10,20H,3-6,11-17H2,1-2H3,(H2,22,23,24). The van der Waals surface area contributed by atoms with E-state index in [1.54, 1.807) is 7.11 Å². The number of guanidine groups is 1. The van der Waals surface area contributed by atoms with E-state index < -0.39 is 0 Å². The lowest BCUT2D eigenvalue weighted by atomic mass is 10.1. The molecular formula is C21H35N3O3. The van der Waals surface area contributed by atoms with Crippen LogP contribution in [-0.2, 0) is 15.9 Å². The Morgan fingerprint density at radius 2 is 1.78 bits per heavy atom. The van der Waals surface area contributed by atoms with E-state index in [1.165, 1.54) is 5.56 Å². The molecule has 0 saturated carbocycles. The van der Waals surface area contributed by atoms with E-state index in [2.05, 4.69) is 27.8 Å². The summed E-state index contributed by atoms with van der Waals surface area (Å²) in [6, 6.07) is 8.31. The molecule has 1 saturated heterocycles. The number of aliphatic imine (C=N–C) groups is 1. The molecule has 0 spiro atoms. The van der Waals surface area contributed by atoms with Gasteiger partial charge in [0, 0.05) is 40.0 Å². The van der Waals surface area contributed by atoms with Crippen molar-refractivity contribution in [2.75, 3.05) is 47.1 Å². The van der Waals surface area contributed by atoms with Crippen LogP contribution in [0.4, 0.5) is 0 Å². The average Bonchev–Trinajstić information content (AvgIpc) is 2.73. The maximum atomic E-state index is 5.88. The first-order valence-corrected chi connectivity index (χ1v) is 10.1. The summed E-state index contributed by atoms with van der Waals surface area (Å²) in [5, 5.41) is 6.72. The molecule has 0 aliphatic carbocycles. The number of hydrogen-bond donors (Lipinski definition) is 2. The Kier molecular flexibility index (Phi) is 10.7. The maximum absolute atomic E-state index is 5.88. The normalized spacial score (nSPS) is 15.6. The summed E-state index contributed by atoms with van der Waals surface area (Å²) in [6.45, 7) is 4.25. The zero-order chi connectivity index (χ0) is 19.2. The van der Waals surface area contributed by atoms with Crippen LogP contribution >= 0.6 is 0 Å². The maximum Gasteiger partial charge on any atom is 0.190 e. The number of aryl methyl sites for hydroxylation is 1. The SMILES string of the molecule is CN=C(NCCCCc1ccc(OC)cc1)NCCCOC1CCOCC1. The summed E-state index contributed by atoms with van der Waals surface area (Å²) >= 11 is 0. The predicted octanol–water partition coefficient (Wildman–Crippen LogP) is 2.77. The van der Waals surface area contributed by atoms with Crippen molar-refractivity contribution < 1.29 is 14.2 Å². The van der Waals surface area contributed by atoms with Gasteiger partial charge in [-0.3, -0.25) is 4.99 Å². The third-order valence-electron chi connectivity index (χ3n) is 4.70. The van der Waals surface area contributed by atoms with E-state index in [0.717, 1.165) is 83.1 Å². The van der Waals surface area contributed by atoms with E-state index >= 15 is 0 Å². The Labute approximate surface area is 163 Å². The van der Waals surface area contributed by atoms with Crippen molar-refractivity contribution in [2.24, 2.45) is 4.99 Å². The fraction of sp³-hybridized carbons (Fsp3) is 0.667. The molecule has 6 heteroatoms. The van der Waals surface area contributed by atoms with Gasteiger partial charge < -0.3 is 24.8 Å². The number of ether oxygens (including phenoxy) is 3. The van der Waals surface area contributed by atoms with Gasteiger partial charge in [-0.15, -0.1) is 0 Å². The molecule has 1 aliphatic rings. The first-order chi connectivity index (χ1) is 13.3. The Hall–Kier alpha value is -1.79. The Morgan fingerprint density at radius 1 is 1.07 bits per heavy atom. The molecule has 0 unspecified atom stereocenters. The van der Waals surface area contributed by atoms with Gasteiger partial charge in [0.05, 0.1) is 13.2 Å². The van der Waals surface area contributed by atoms with Gasteiger partial charge in [-0.25, -0.2) is 0 Å². The molecule has 2 N–H and O–H groups in total.